The first-order valence-electron chi connectivity index (χ1n) is 6.28. The molecule has 0 amide bonds. The van der Waals surface area contributed by atoms with Crippen LogP contribution >= 0.6 is 0 Å². The van der Waals surface area contributed by atoms with E-state index in [1.54, 1.807) is 7.11 Å². The van der Waals surface area contributed by atoms with Gasteiger partial charge in [0.05, 0.1) is 0 Å². The predicted molar refractivity (Wildman–Crippen MR) is 71.6 cm³/mol. The van der Waals surface area contributed by atoms with Gasteiger partial charge in [-0.15, -0.1) is 0 Å². The molecule has 1 aromatic heterocycles. The molecule has 3 heteroatoms. The summed E-state index contributed by atoms with van der Waals surface area (Å²) >= 11 is 0. The zero-order chi connectivity index (χ0) is 13.1. The number of aliphatic hydroxyl groups excluding tert-OH is 1. The lowest BCUT2D eigenvalue weighted by molar-refractivity contribution is 0.0896. The second-order valence-electron chi connectivity index (χ2n) is 4.95. The van der Waals surface area contributed by atoms with Crippen molar-refractivity contribution in [3.8, 4) is 0 Å². The minimum atomic E-state index is -0.568. The molecule has 0 fully saturated rings. The number of rotatable bonds is 5. The zero-order valence-electron chi connectivity index (χ0n) is 11.1. The number of aryl methyl sites for hydroxylation is 1. The summed E-state index contributed by atoms with van der Waals surface area (Å²) in [5, 5.41) is 11.2. The van der Waals surface area contributed by atoms with Gasteiger partial charge in [0.1, 0.15) is 17.4 Å². The topological polar surface area (TPSA) is 42.6 Å². The third kappa shape index (κ3) is 2.74. The van der Waals surface area contributed by atoms with Crippen LogP contribution in [-0.4, -0.2) is 18.8 Å². The SMILES string of the molecule is COCC(C)CC(O)c1cc2cccc(C)c2o1. The molecule has 2 unspecified atom stereocenters. The number of hydrogen-bond donors (Lipinski definition) is 1. The highest BCUT2D eigenvalue weighted by Gasteiger charge is 2.17. The Balaban J connectivity index is 2.18. The van der Waals surface area contributed by atoms with Crippen LogP contribution in [0.15, 0.2) is 28.7 Å². The fourth-order valence-corrected chi connectivity index (χ4v) is 2.24. The molecule has 0 aliphatic rings. The Kier molecular flexibility index (Phi) is 4.04. The Morgan fingerprint density at radius 2 is 2.17 bits per heavy atom. The van der Waals surface area contributed by atoms with Crippen molar-refractivity contribution < 1.29 is 14.3 Å². The van der Waals surface area contributed by atoms with E-state index in [0.717, 1.165) is 16.5 Å². The van der Waals surface area contributed by atoms with Crippen LogP contribution in [0.2, 0.25) is 0 Å². The van der Waals surface area contributed by atoms with E-state index in [9.17, 15) is 5.11 Å². The van der Waals surface area contributed by atoms with E-state index in [1.165, 1.54) is 0 Å². The molecule has 1 N–H and O–H groups in total. The second kappa shape index (κ2) is 5.55. The lowest BCUT2D eigenvalue weighted by Crippen LogP contribution is -2.08. The molecule has 98 valence electrons. The average molecular weight is 248 g/mol. The van der Waals surface area contributed by atoms with Crippen molar-refractivity contribution >= 4 is 11.0 Å². The molecule has 1 heterocycles. The van der Waals surface area contributed by atoms with Crippen LogP contribution in [0.5, 0.6) is 0 Å². The van der Waals surface area contributed by atoms with E-state index in [2.05, 4.69) is 6.92 Å². The minimum absolute atomic E-state index is 0.305. The van der Waals surface area contributed by atoms with E-state index < -0.39 is 6.10 Å². The first kappa shape index (κ1) is 13.1. The van der Waals surface area contributed by atoms with Crippen molar-refractivity contribution in [1.29, 1.82) is 0 Å². The first-order valence-corrected chi connectivity index (χ1v) is 6.28. The van der Waals surface area contributed by atoms with Gasteiger partial charge >= 0.3 is 0 Å². The number of aliphatic hydroxyl groups is 1. The van der Waals surface area contributed by atoms with E-state index in [0.29, 0.717) is 24.7 Å². The van der Waals surface area contributed by atoms with Gasteiger partial charge in [0.2, 0.25) is 0 Å². The van der Waals surface area contributed by atoms with E-state index in [4.69, 9.17) is 9.15 Å². The Labute approximate surface area is 107 Å². The van der Waals surface area contributed by atoms with Gasteiger partial charge in [-0.2, -0.15) is 0 Å². The number of hydrogen-bond acceptors (Lipinski definition) is 3. The van der Waals surface area contributed by atoms with Gasteiger partial charge in [-0.25, -0.2) is 0 Å². The van der Waals surface area contributed by atoms with Crippen molar-refractivity contribution in [2.45, 2.75) is 26.4 Å². The molecular formula is C15H20O3. The van der Waals surface area contributed by atoms with Gasteiger partial charge in [0.15, 0.2) is 0 Å². The monoisotopic (exact) mass is 248 g/mol. The molecule has 18 heavy (non-hydrogen) atoms. The van der Waals surface area contributed by atoms with Crippen molar-refractivity contribution in [3.63, 3.8) is 0 Å². The van der Waals surface area contributed by atoms with Crippen LogP contribution in [0.4, 0.5) is 0 Å². The predicted octanol–water partition coefficient (Wildman–Crippen LogP) is 3.45. The Hall–Kier alpha value is -1.32. The van der Waals surface area contributed by atoms with Crippen LogP contribution in [-0.2, 0) is 4.74 Å². The summed E-state index contributed by atoms with van der Waals surface area (Å²) < 4.78 is 10.8. The minimum Gasteiger partial charge on any atom is -0.458 e. The Bertz CT molecular complexity index is 515. The number of furan rings is 1. The van der Waals surface area contributed by atoms with Gasteiger partial charge in [-0.05, 0) is 30.9 Å². The molecule has 0 spiro atoms. The molecule has 3 nitrogen and oxygen atoms in total. The molecule has 2 atom stereocenters. The highest BCUT2D eigenvalue weighted by atomic mass is 16.5. The summed E-state index contributed by atoms with van der Waals surface area (Å²) in [6, 6.07) is 7.93. The molecule has 2 rings (SSSR count). The summed E-state index contributed by atoms with van der Waals surface area (Å²) in [4.78, 5) is 0. The van der Waals surface area contributed by atoms with Crippen LogP contribution in [0.25, 0.3) is 11.0 Å². The summed E-state index contributed by atoms with van der Waals surface area (Å²) in [5.74, 6) is 0.946. The van der Waals surface area contributed by atoms with Gasteiger partial charge in [0, 0.05) is 19.1 Å². The summed E-state index contributed by atoms with van der Waals surface area (Å²) in [5.41, 5.74) is 1.96. The Morgan fingerprint density at radius 1 is 1.39 bits per heavy atom. The van der Waals surface area contributed by atoms with Gasteiger partial charge in [-0.3, -0.25) is 0 Å². The number of ether oxygens (including phenoxy) is 1. The second-order valence-corrected chi connectivity index (χ2v) is 4.95. The molecule has 0 saturated heterocycles. The van der Waals surface area contributed by atoms with Gasteiger partial charge in [-0.1, -0.05) is 25.1 Å². The van der Waals surface area contributed by atoms with E-state index in [1.807, 2.05) is 31.2 Å². The fourth-order valence-electron chi connectivity index (χ4n) is 2.24. The fraction of sp³-hybridized carbons (Fsp3) is 0.467. The lowest BCUT2D eigenvalue weighted by Gasteiger charge is -2.13. The molecule has 1 aromatic carbocycles. The highest BCUT2D eigenvalue weighted by Crippen LogP contribution is 2.29. The number of fused-ring (bicyclic) bond motifs is 1. The maximum Gasteiger partial charge on any atom is 0.137 e. The summed E-state index contributed by atoms with van der Waals surface area (Å²) in [6.07, 6.45) is 0.0779. The third-order valence-electron chi connectivity index (χ3n) is 3.17. The first-order chi connectivity index (χ1) is 8.61. The zero-order valence-corrected chi connectivity index (χ0v) is 11.1. The van der Waals surface area contributed by atoms with Crippen LogP contribution in [0.3, 0.4) is 0 Å². The summed E-state index contributed by atoms with van der Waals surface area (Å²) in [6.45, 7) is 4.71. The molecule has 0 radical (unpaired) electrons. The maximum atomic E-state index is 10.2. The maximum absolute atomic E-state index is 10.2. The lowest BCUT2D eigenvalue weighted by atomic mass is 10.0. The molecule has 2 aromatic rings. The van der Waals surface area contributed by atoms with Gasteiger partial charge < -0.3 is 14.3 Å². The van der Waals surface area contributed by atoms with Crippen molar-refractivity contribution in [2.75, 3.05) is 13.7 Å². The van der Waals surface area contributed by atoms with Crippen LogP contribution in [0.1, 0.15) is 30.8 Å². The van der Waals surface area contributed by atoms with Gasteiger partial charge in [0.25, 0.3) is 0 Å². The smallest absolute Gasteiger partial charge is 0.137 e. The van der Waals surface area contributed by atoms with Crippen LogP contribution < -0.4 is 0 Å². The third-order valence-corrected chi connectivity index (χ3v) is 3.17. The highest BCUT2D eigenvalue weighted by molar-refractivity contribution is 5.80. The van der Waals surface area contributed by atoms with E-state index >= 15 is 0 Å². The summed E-state index contributed by atoms with van der Waals surface area (Å²) in [7, 11) is 1.67. The van der Waals surface area contributed by atoms with Crippen molar-refractivity contribution in [3.05, 3.63) is 35.6 Å². The standard InChI is InChI=1S/C15H20O3/c1-10(9-17-3)7-13(16)14-8-12-6-4-5-11(2)15(12)18-14/h4-6,8,10,13,16H,7,9H2,1-3H3. The Morgan fingerprint density at radius 3 is 2.83 bits per heavy atom. The molecular weight excluding hydrogens is 228 g/mol. The molecule has 0 aliphatic carbocycles. The van der Waals surface area contributed by atoms with E-state index in [-0.39, 0.29) is 0 Å². The number of para-hydroxylation sites is 1. The molecule has 0 bridgehead atoms. The average Bonchev–Trinajstić information content (AvgIpc) is 2.74. The van der Waals surface area contributed by atoms with Crippen molar-refractivity contribution in [2.24, 2.45) is 5.92 Å². The van der Waals surface area contributed by atoms with Crippen LogP contribution in [0, 0.1) is 12.8 Å². The normalized spacial score (nSPS) is 14.9. The molecule has 0 aliphatic heterocycles. The number of methoxy groups -OCH3 is 1. The number of benzene rings is 1. The largest absolute Gasteiger partial charge is 0.458 e. The quantitative estimate of drug-likeness (QED) is 0.881. The molecule has 0 saturated carbocycles. The van der Waals surface area contributed by atoms with Crippen molar-refractivity contribution in [1.82, 2.24) is 0 Å².